The summed E-state index contributed by atoms with van der Waals surface area (Å²) in [4.78, 5) is 4.10. The van der Waals surface area contributed by atoms with Crippen molar-refractivity contribution < 1.29 is 0 Å². The summed E-state index contributed by atoms with van der Waals surface area (Å²) in [5.41, 5.74) is 1.60. The van der Waals surface area contributed by atoms with Crippen LogP contribution in [0.4, 0.5) is 5.69 Å². The third kappa shape index (κ3) is 2.36. The van der Waals surface area contributed by atoms with Crippen molar-refractivity contribution in [3.8, 4) is 6.07 Å². The topological polar surface area (TPSA) is 66.5 Å². The van der Waals surface area contributed by atoms with Crippen molar-refractivity contribution in [1.82, 2.24) is 14.8 Å². The third-order valence-corrected chi connectivity index (χ3v) is 2.11. The molecule has 0 radical (unpaired) electrons. The van der Waals surface area contributed by atoms with Crippen molar-refractivity contribution in [3.05, 3.63) is 42.0 Å². The van der Waals surface area contributed by atoms with E-state index in [1.54, 1.807) is 23.1 Å². The Bertz CT molecular complexity index is 506. The normalized spacial score (nSPS) is 9.75. The van der Waals surface area contributed by atoms with Crippen LogP contribution in [0.2, 0.25) is 0 Å². The number of nitrogens with zero attached hydrogens (tertiary/aromatic N) is 4. The van der Waals surface area contributed by atoms with E-state index in [-0.39, 0.29) is 0 Å². The van der Waals surface area contributed by atoms with Gasteiger partial charge in [0.2, 0.25) is 0 Å². The van der Waals surface area contributed by atoms with Crippen molar-refractivity contribution in [1.29, 1.82) is 5.26 Å². The van der Waals surface area contributed by atoms with Crippen LogP contribution in [-0.4, -0.2) is 14.8 Å². The molecule has 5 heteroatoms. The number of rotatable bonds is 3. The first kappa shape index (κ1) is 10.2. The van der Waals surface area contributed by atoms with Gasteiger partial charge in [0.1, 0.15) is 6.33 Å². The van der Waals surface area contributed by atoms with Gasteiger partial charge in [-0.05, 0) is 24.3 Å². The molecule has 0 atom stereocenters. The Labute approximate surface area is 93.4 Å². The second-order valence-electron chi connectivity index (χ2n) is 3.38. The Kier molecular flexibility index (Phi) is 2.83. The first-order chi connectivity index (χ1) is 7.78. The Hall–Kier alpha value is -2.35. The van der Waals surface area contributed by atoms with Crippen LogP contribution in [0.25, 0.3) is 0 Å². The molecule has 2 rings (SSSR count). The highest BCUT2D eigenvalue weighted by Gasteiger charge is 1.98. The third-order valence-electron chi connectivity index (χ3n) is 2.11. The molecule has 1 heterocycles. The van der Waals surface area contributed by atoms with Gasteiger partial charge < -0.3 is 5.32 Å². The van der Waals surface area contributed by atoms with E-state index in [9.17, 15) is 0 Å². The van der Waals surface area contributed by atoms with E-state index in [2.05, 4.69) is 21.5 Å². The summed E-state index contributed by atoms with van der Waals surface area (Å²) in [7, 11) is 1.83. The van der Waals surface area contributed by atoms with E-state index >= 15 is 0 Å². The zero-order valence-electron chi connectivity index (χ0n) is 8.88. The van der Waals surface area contributed by atoms with Crippen LogP contribution in [0, 0.1) is 11.3 Å². The van der Waals surface area contributed by atoms with Gasteiger partial charge in [-0.1, -0.05) is 0 Å². The maximum absolute atomic E-state index is 8.65. The Morgan fingerprint density at radius 2 is 2.12 bits per heavy atom. The summed E-state index contributed by atoms with van der Waals surface area (Å²) in [6, 6.07) is 9.34. The fourth-order valence-electron chi connectivity index (χ4n) is 1.31. The van der Waals surface area contributed by atoms with Gasteiger partial charge >= 0.3 is 0 Å². The van der Waals surface area contributed by atoms with Crippen molar-refractivity contribution in [3.63, 3.8) is 0 Å². The van der Waals surface area contributed by atoms with Gasteiger partial charge in [-0.25, -0.2) is 4.98 Å². The highest BCUT2D eigenvalue weighted by Crippen LogP contribution is 2.09. The maximum Gasteiger partial charge on any atom is 0.169 e. The SMILES string of the molecule is Cn1cnc(CNc2ccc(C#N)cc2)n1. The molecule has 0 aliphatic heterocycles. The molecule has 2 aromatic rings. The molecule has 0 aliphatic carbocycles. The average molecular weight is 213 g/mol. The minimum atomic E-state index is 0.576. The molecule has 16 heavy (non-hydrogen) atoms. The number of hydrogen-bond donors (Lipinski definition) is 1. The zero-order valence-corrected chi connectivity index (χ0v) is 8.88. The van der Waals surface area contributed by atoms with Gasteiger partial charge in [0.15, 0.2) is 5.82 Å². The predicted molar refractivity (Wildman–Crippen MR) is 59.5 cm³/mol. The molecule has 1 aromatic carbocycles. The lowest BCUT2D eigenvalue weighted by atomic mass is 10.2. The van der Waals surface area contributed by atoms with Crippen molar-refractivity contribution in [2.24, 2.45) is 7.05 Å². The highest BCUT2D eigenvalue weighted by molar-refractivity contribution is 5.47. The molecule has 0 spiro atoms. The summed E-state index contributed by atoms with van der Waals surface area (Å²) in [6.07, 6.45) is 1.66. The molecule has 0 saturated carbocycles. The summed E-state index contributed by atoms with van der Waals surface area (Å²) in [6.45, 7) is 0.576. The first-order valence-electron chi connectivity index (χ1n) is 4.86. The average Bonchev–Trinajstić information content (AvgIpc) is 2.73. The summed E-state index contributed by atoms with van der Waals surface area (Å²) < 4.78 is 1.66. The minimum absolute atomic E-state index is 0.576. The minimum Gasteiger partial charge on any atom is -0.378 e. The van der Waals surface area contributed by atoms with E-state index in [4.69, 9.17) is 5.26 Å². The van der Waals surface area contributed by atoms with E-state index in [0.29, 0.717) is 12.1 Å². The number of aromatic nitrogens is 3. The van der Waals surface area contributed by atoms with E-state index < -0.39 is 0 Å². The van der Waals surface area contributed by atoms with Gasteiger partial charge in [0, 0.05) is 12.7 Å². The van der Waals surface area contributed by atoms with Crippen molar-refractivity contribution in [2.75, 3.05) is 5.32 Å². The summed E-state index contributed by atoms with van der Waals surface area (Å²) in [5, 5.41) is 16.0. The van der Waals surface area contributed by atoms with E-state index in [0.717, 1.165) is 11.5 Å². The van der Waals surface area contributed by atoms with Crippen LogP contribution in [0.3, 0.4) is 0 Å². The fraction of sp³-hybridized carbons (Fsp3) is 0.182. The molecule has 0 amide bonds. The predicted octanol–water partition coefficient (Wildman–Crippen LogP) is 1.30. The fourth-order valence-corrected chi connectivity index (χ4v) is 1.31. The molecule has 0 unspecified atom stereocenters. The molecule has 0 bridgehead atoms. The number of aryl methyl sites for hydroxylation is 1. The number of hydrogen-bond acceptors (Lipinski definition) is 4. The lowest BCUT2D eigenvalue weighted by Crippen LogP contribution is -2.02. The quantitative estimate of drug-likeness (QED) is 0.834. The van der Waals surface area contributed by atoms with Gasteiger partial charge in [-0.3, -0.25) is 4.68 Å². The Morgan fingerprint density at radius 3 is 2.69 bits per heavy atom. The summed E-state index contributed by atoms with van der Waals surface area (Å²) >= 11 is 0. The number of benzene rings is 1. The van der Waals surface area contributed by atoms with Crippen molar-refractivity contribution in [2.45, 2.75) is 6.54 Å². The largest absolute Gasteiger partial charge is 0.378 e. The van der Waals surface area contributed by atoms with Gasteiger partial charge in [-0.15, -0.1) is 0 Å². The lowest BCUT2D eigenvalue weighted by Gasteiger charge is -2.02. The number of nitrogens with one attached hydrogen (secondary N) is 1. The summed E-state index contributed by atoms with van der Waals surface area (Å²) in [5.74, 6) is 0.742. The second kappa shape index (κ2) is 4.45. The zero-order chi connectivity index (χ0) is 11.4. The van der Waals surface area contributed by atoms with E-state index in [1.807, 2.05) is 19.2 Å². The van der Waals surface area contributed by atoms with Crippen LogP contribution in [0.15, 0.2) is 30.6 Å². The highest BCUT2D eigenvalue weighted by atomic mass is 15.3. The van der Waals surface area contributed by atoms with Crippen LogP contribution in [0.1, 0.15) is 11.4 Å². The standard InChI is InChI=1S/C11H11N5/c1-16-8-14-11(15-16)7-13-10-4-2-9(6-12)3-5-10/h2-5,8,13H,7H2,1H3. The molecule has 0 fully saturated rings. The Balaban J connectivity index is 1.97. The monoisotopic (exact) mass is 213 g/mol. The van der Waals surface area contributed by atoms with Crippen LogP contribution in [0.5, 0.6) is 0 Å². The van der Waals surface area contributed by atoms with Gasteiger partial charge in [-0.2, -0.15) is 10.4 Å². The first-order valence-corrected chi connectivity index (χ1v) is 4.86. The van der Waals surface area contributed by atoms with Gasteiger partial charge in [0.05, 0.1) is 18.2 Å². The molecule has 1 aromatic heterocycles. The van der Waals surface area contributed by atoms with E-state index in [1.165, 1.54) is 0 Å². The molecule has 80 valence electrons. The number of anilines is 1. The number of nitriles is 1. The second-order valence-corrected chi connectivity index (χ2v) is 3.38. The van der Waals surface area contributed by atoms with Crippen molar-refractivity contribution >= 4 is 5.69 Å². The molecular weight excluding hydrogens is 202 g/mol. The van der Waals surface area contributed by atoms with Crippen LogP contribution >= 0.6 is 0 Å². The molecule has 0 saturated heterocycles. The smallest absolute Gasteiger partial charge is 0.169 e. The lowest BCUT2D eigenvalue weighted by molar-refractivity contribution is 0.747. The van der Waals surface area contributed by atoms with Gasteiger partial charge in [0.25, 0.3) is 0 Å². The maximum atomic E-state index is 8.65. The molecular formula is C11H11N5. The Morgan fingerprint density at radius 1 is 1.38 bits per heavy atom. The molecule has 0 aliphatic rings. The van der Waals surface area contributed by atoms with Crippen LogP contribution < -0.4 is 5.32 Å². The molecule has 5 nitrogen and oxygen atoms in total. The molecule has 1 N–H and O–H groups in total. The van der Waals surface area contributed by atoms with Crippen LogP contribution in [-0.2, 0) is 13.6 Å².